The number of fused-ring (bicyclic) bond motifs is 4. The van der Waals surface area contributed by atoms with Crippen LogP contribution in [0.4, 0.5) is 0 Å². The number of rotatable bonds is 6. The Hall–Kier alpha value is -0.496. The van der Waals surface area contributed by atoms with Crippen molar-refractivity contribution in [2.75, 3.05) is 41.5 Å². The van der Waals surface area contributed by atoms with Crippen molar-refractivity contribution in [3.63, 3.8) is 0 Å². The van der Waals surface area contributed by atoms with E-state index in [1.54, 1.807) is 21.3 Å². The SMILES string of the molecule is COc1ccc2c3c1O[C@H]1[C@@]4(OC)CC[C@@]5(C[C@@H]4[C@](C)(O)C(C)(C)C)[C@@H](C2)N(C#N)CC[C@]315.COc1ccc2c3c1O[C@H]1[C@@]4(OC)CC[C@@]5(C[C@@H]4[C@](C)(O)C(C)(C)C)[C@@H](C2)NCC[C@]315.I.[I][V][I]. The van der Waals surface area contributed by atoms with Gasteiger partial charge in [0.1, 0.15) is 23.4 Å². The molecule has 68 heavy (non-hydrogen) atoms. The fourth-order valence-electron chi connectivity index (χ4n) is 17.6. The number of likely N-dealkylation sites (tertiary alicyclic amines) is 1. The van der Waals surface area contributed by atoms with Crippen molar-refractivity contribution in [3.05, 3.63) is 46.5 Å². The predicted octanol–water partition coefficient (Wildman–Crippen LogP) is 9.77. The van der Waals surface area contributed by atoms with Gasteiger partial charge in [-0.2, -0.15) is 5.26 Å². The van der Waals surface area contributed by atoms with Crippen molar-refractivity contribution in [2.24, 2.45) is 33.5 Å². The van der Waals surface area contributed by atoms with Crippen molar-refractivity contribution in [2.45, 2.75) is 177 Å². The maximum absolute atomic E-state index is 12.1. The van der Waals surface area contributed by atoms with Crippen molar-refractivity contribution >= 4 is 63.9 Å². The van der Waals surface area contributed by atoms with Gasteiger partial charge in [-0.05, 0) is 119 Å². The zero-order chi connectivity index (χ0) is 48.3. The summed E-state index contributed by atoms with van der Waals surface area (Å²) in [5, 5.41) is 38.2. The number of ether oxygens (including phenoxy) is 6. The summed E-state index contributed by atoms with van der Waals surface area (Å²) in [6.45, 7) is 18.5. The zero-order valence-corrected chi connectivity index (χ0v) is 50.2. The molecule has 2 saturated heterocycles. The van der Waals surface area contributed by atoms with E-state index in [0.29, 0.717) is 15.5 Å². The summed E-state index contributed by atoms with van der Waals surface area (Å²) in [4.78, 5) is 2.03. The number of piperidine rings is 2. The molecular weight excluding hydrogens is 1240 g/mol. The molecule has 6 saturated carbocycles. The second kappa shape index (κ2) is 17.0. The summed E-state index contributed by atoms with van der Waals surface area (Å²) in [5.74, 6) is 3.31. The molecule has 2 aromatic rings. The summed E-state index contributed by atoms with van der Waals surface area (Å²) in [5.41, 5.74) is 1.45. The third kappa shape index (κ3) is 6.15. The Labute approximate surface area is 451 Å². The molecule has 0 unspecified atom stereocenters. The van der Waals surface area contributed by atoms with Gasteiger partial charge in [-0.15, -0.1) is 24.0 Å². The maximum atomic E-state index is 12.1. The van der Waals surface area contributed by atoms with Gasteiger partial charge in [0.15, 0.2) is 29.2 Å². The summed E-state index contributed by atoms with van der Waals surface area (Å²) >= 11 is 4.74. The van der Waals surface area contributed by atoms with E-state index < -0.39 is 22.4 Å². The Morgan fingerprint density at radius 1 is 0.706 bits per heavy atom. The first-order chi connectivity index (χ1) is 31.5. The Balaban J connectivity index is 0.000000159. The average molecular weight is 1310 g/mol. The van der Waals surface area contributed by atoms with Crippen molar-refractivity contribution in [3.8, 4) is 29.2 Å². The molecule has 0 radical (unpaired) electrons. The fraction of sp³-hybridized carbons (Fsp3) is 0.755. The van der Waals surface area contributed by atoms with Gasteiger partial charge in [-0.3, -0.25) is 0 Å². The standard InChI is InChI=1S/C27H36N2O4.C26H37NO4.3HI.V/c1-23(2,3)24(4,30)18-14-25-9-10-27(18,32-6)22-26(25)11-12-29(15-28)19(25)13-16-7-8-17(31-5)21(33-22)20(16)26;1-22(2,3)23(4,28)17-14-24-9-10-26(17,30-6)21-25(24)11-12-27-18(24)13-15-7-8-16(29-5)20(31-21)19(15)25;;;;/h7-8,18-19,22,30H,9-14H2,1-6H3;7-8,17-18,21,27-28H,9-14H2,1-6H3;3*1H;/q;;;;;+2/p-2/t18-,19-,22-,24+,25-,26+,27-;17-,18-,21-,23+,24-,25+,26-;;;;/m11..../s1. The van der Waals surface area contributed by atoms with Gasteiger partial charge in [0.05, 0.1) is 25.4 Å². The van der Waals surface area contributed by atoms with Crippen LogP contribution in [0.2, 0.25) is 0 Å². The molecule has 14 atom stereocenters. The third-order valence-electron chi connectivity index (χ3n) is 21.5. The number of nitrogens with zero attached hydrogens (tertiary/aromatic N) is 2. The molecule has 375 valence electrons. The molecule has 4 aliphatic heterocycles. The monoisotopic (exact) mass is 1310 g/mol. The molecule has 15 heteroatoms. The van der Waals surface area contributed by atoms with Gasteiger partial charge in [0, 0.05) is 77.5 Å². The molecule has 11 nitrogen and oxygen atoms in total. The molecule has 0 amide bonds. The number of nitrogens with one attached hydrogen (secondary N) is 1. The van der Waals surface area contributed by atoms with E-state index in [4.69, 9.17) is 28.4 Å². The first-order valence-electron chi connectivity index (χ1n) is 24.7. The van der Waals surface area contributed by atoms with E-state index >= 15 is 0 Å². The van der Waals surface area contributed by atoms with Crippen LogP contribution >= 0.6 is 63.9 Å². The molecule has 4 spiro atoms. The number of nitriles is 1. The van der Waals surface area contributed by atoms with Crippen LogP contribution in [0.1, 0.15) is 129 Å². The molecule has 0 aromatic heterocycles. The number of benzene rings is 2. The van der Waals surface area contributed by atoms with Crippen LogP contribution in [0.3, 0.4) is 0 Å². The zero-order valence-electron chi connectivity index (χ0n) is 42.1. The van der Waals surface area contributed by atoms with E-state index in [9.17, 15) is 15.5 Å². The fourth-order valence-corrected chi connectivity index (χ4v) is 17.6. The van der Waals surface area contributed by atoms with E-state index in [1.807, 2.05) is 31.9 Å². The molecule has 4 heterocycles. The normalized spacial score (nSPS) is 40.4. The van der Waals surface area contributed by atoms with Crippen molar-refractivity contribution < 1.29 is 48.1 Å². The molecule has 2 aromatic carbocycles. The Morgan fingerprint density at radius 2 is 1.16 bits per heavy atom. The number of hydrogen-bond acceptors (Lipinski definition) is 11. The third-order valence-corrected chi connectivity index (χ3v) is 21.5. The molecule has 3 N–H and O–H groups in total. The summed E-state index contributed by atoms with van der Waals surface area (Å²) in [7, 11) is 7.71. The van der Waals surface area contributed by atoms with Crippen LogP contribution in [0.15, 0.2) is 24.3 Å². The topological polar surface area (TPSA) is 135 Å². The van der Waals surface area contributed by atoms with Gasteiger partial charge in [0.25, 0.3) is 0 Å². The number of aliphatic hydroxyl groups is 2. The van der Waals surface area contributed by atoms with E-state index in [0.717, 1.165) is 100 Å². The van der Waals surface area contributed by atoms with Gasteiger partial charge < -0.3 is 48.9 Å². The number of hydrogen-bond donors (Lipinski definition) is 3. The molecule has 14 rings (SSSR count). The van der Waals surface area contributed by atoms with Gasteiger partial charge >= 0.3 is 49.4 Å². The van der Waals surface area contributed by atoms with Gasteiger partial charge in [-0.25, -0.2) is 0 Å². The van der Waals surface area contributed by atoms with Crippen LogP contribution in [0.5, 0.6) is 23.0 Å². The van der Waals surface area contributed by atoms with Gasteiger partial charge in [-0.1, -0.05) is 53.7 Å². The first kappa shape index (κ1) is 52.4. The summed E-state index contributed by atoms with van der Waals surface area (Å²) < 4.78 is 38.6. The summed E-state index contributed by atoms with van der Waals surface area (Å²) in [6.07, 6.45) is 11.7. The quantitative estimate of drug-likeness (QED) is 0.189. The van der Waals surface area contributed by atoms with Crippen LogP contribution in [-0.2, 0) is 42.6 Å². The van der Waals surface area contributed by atoms with Crippen LogP contribution in [0, 0.1) is 45.0 Å². The minimum absolute atomic E-state index is 0. The second-order valence-corrected chi connectivity index (χ2v) is 36.2. The Kier molecular flexibility index (Phi) is 13.1. The second-order valence-electron chi connectivity index (χ2n) is 24.4. The van der Waals surface area contributed by atoms with Crippen LogP contribution < -0.4 is 24.3 Å². The minimum atomic E-state index is -0.966. The van der Waals surface area contributed by atoms with E-state index in [1.165, 1.54) is 22.3 Å². The Bertz CT molecular complexity index is 2390. The Morgan fingerprint density at radius 3 is 1.62 bits per heavy atom. The van der Waals surface area contributed by atoms with E-state index in [-0.39, 0.29) is 86.6 Å². The van der Waals surface area contributed by atoms with Crippen molar-refractivity contribution in [1.29, 1.82) is 5.26 Å². The molecule has 8 bridgehead atoms. The first-order valence-corrected chi connectivity index (χ1v) is 33.7. The van der Waals surface area contributed by atoms with E-state index in [2.05, 4.69) is 111 Å². The van der Waals surface area contributed by atoms with Crippen LogP contribution in [0.25, 0.3) is 0 Å². The molecule has 12 aliphatic rings. The van der Waals surface area contributed by atoms with Gasteiger partial charge in [0.2, 0.25) is 0 Å². The number of halogens is 3. The predicted molar refractivity (Wildman–Crippen MR) is 285 cm³/mol. The van der Waals surface area contributed by atoms with Crippen LogP contribution in [-0.4, -0.2) is 103 Å². The molecular formula is C53H74I3N3O8V. The summed E-state index contributed by atoms with van der Waals surface area (Å²) in [6, 6.07) is 9.03. The van der Waals surface area contributed by atoms with Crippen molar-refractivity contribution in [1.82, 2.24) is 10.2 Å². The number of methoxy groups -OCH3 is 4. The molecule has 8 aliphatic carbocycles. The molecule has 8 fully saturated rings. The average Bonchev–Trinajstić information content (AvgIpc) is 3.85.